The first kappa shape index (κ1) is 10.4. The Bertz CT molecular complexity index is 511. The first-order chi connectivity index (χ1) is 7.68. The average molecular weight is 235 g/mol. The molecule has 0 amide bonds. The Balaban J connectivity index is 2.40. The van der Waals surface area contributed by atoms with Crippen molar-refractivity contribution in [2.75, 3.05) is 11.1 Å². The van der Waals surface area contributed by atoms with E-state index in [9.17, 15) is 10.1 Å². The lowest BCUT2D eigenvalue weighted by atomic mass is 10.2. The number of nitrogens with zero attached hydrogens (tertiary/aromatic N) is 1. The van der Waals surface area contributed by atoms with Gasteiger partial charge in [0.1, 0.15) is 11.4 Å². The van der Waals surface area contributed by atoms with Crippen LogP contribution in [-0.2, 0) is 0 Å². The molecule has 0 fully saturated rings. The summed E-state index contributed by atoms with van der Waals surface area (Å²) < 4.78 is 0. The SMILES string of the molecule is Nc1cccc(Nc2ccsc2)c1[N+](=O)[O-]. The van der Waals surface area contributed by atoms with Crippen LogP contribution in [0.1, 0.15) is 0 Å². The van der Waals surface area contributed by atoms with Crippen LogP contribution in [0.3, 0.4) is 0 Å². The highest BCUT2D eigenvalue weighted by atomic mass is 32.1. The summed E-state index contributed by atoms with van der Waals surface area (Å²) in [5, 5.41) is 17.6. The molecule has 6 heteroatoms. The zero-order valence-corrected chi connectivity index (χ0v) is 9.03. The number of para-hydroxylation sites is 1. The molecule has 1 aromatic carbocycles. The minimum Gasteiger partial charge on any atom is -0.393 e. The number of thiophene rings is 1. The number of nitrogen functional groups attached to an aromatic ring is 1. The summed E-state index contributed by atoms with van der Waals surface area (Å²) >= 11 is 1.51. The largest absolute Gasteiger partial charge is 0.393 e. The number of anilines is 3. The topological polar surface area (TPSA) is 81.2 Å². The van der Waals surface area contributed by atoms with Crippen molar-refractivity contribution in [1.82, 2.24) is 0 Å². The fourth-order valence-electron chi connectivity index (χ4n) is 1.36. The molecule has 0 aliphatic rings. The van der Waals surface area contributed by atoms with E-state index in [1.807, 2.05) is 16.8 Å². The fraction of sp³-hybridized carbons (Fsp3) is 0. The molecule has 0 unspecified atom stereocenters. The van der Waals surface area contributed by atoms with Gasteiger partial charge in [-0.1, -0.05) is 6.07 Å². The highest BCUT2D eigenvalue weighted by Crippen LogP contribution is 2.33. The van der Waals surface area contributed by atoms with Gasteiger partial charge in [0.25, 0.3) is 0 Å². The van der Waals surface area contributed by atoms with Gasteiger partial charge in [0.2, 0.25) is 0 Å². The number of nitrogens with one attached hydrogen (secondary N) is 1. The van der Waals surface area contributed by atoms with Crippen molar-refractivity contribution in [1.29, 1.82) is 0 Å². The number of rotatable bonds is 3. The van der Waals surface area contributed by atoms with Gasteiger partial charge in [-0.2, -0.15) is 11.3 Å². The number of nitro benzene ring substituents is 1. The van der Waals surface area contributed by atoms with E-state index >= 15 is 0 Å². The predicted octanol–water partition coefficient (Wildman–Crippen LogP) is 2.98. The lowest BCUT2D eigenvalue weighted by Gasteiger charge is -2.06. The molecule has 82 valence electrons. The second kappa shape index (κ2) is 4.19. The minimum absolute atomic E-state index is 0.0892. The first-order valence-corrected chi connectivity index (χ1v) is 5.45. The van der Waals surface area contributed by atoms with Gasteiger partial charge in [0.15, 0.2) is 0 Å². The third-order valence-corrected chi connectivity index (χ3v) is 2.73. The van der Waals surface area contributed by atoms with Gasteiger partial charge in [-0.05, 0) is 23.6 Å². The summed E-state index contributed by atoms with van der Waals surface area (Å²) in [6.07, 6.45) is 0. The molecule has 2 aromatic rings. The van der Waals surface area contributed by atoms with Gasteiger partial charge in [0, 0.05) is 11.1 Å². The first-order valence-electron chi connectivity index (χ1n) is 4.50. The molecule has 5 nitrogen and oxygen atoms in total. The molecular weight excluding hydrogens is 226 g/mol. The Morgan fingerprint density at radius 3 is 2.81 bits per heavy atom. The summed E-state index contributed by atoms with van der Waals surface area (Å²) in [6, 6.07) is 6.66. The molecule has 0 saturated heterocycles. The molecule has 16 heavy (non-hydrogen) atoms. The Kier molecular flexibility index (Phi) is 2.74. The van der Waals surface area contributed by atoms with E-state index in [1.165, 1.54) is 17.4 Å². The maximum atomic E-state index is 10.9. The Labute approximate surface area is 95.7 Å². The molecule has 0 bridgehead atoms. The van der Waals surface area contributed by atoms with Crippen molar-refractivity contribution in [3.05, 3.63) is 45.1 Å². The van der Waals surface area contributed by atoms with Crippen LogP contribution in [0, 0.1) is 10.1 Å². The van der Waals surface area contributed by atoms with E-state index in [-0.39, 0.29) is 11.4 Å². The zero-order chi connectivity index (χ0) is 11.5. The third kappa shape index (κ3) is 1.96. The highest BCUT2D eigenvalue weighted by Gasteiger charge is 2.17. The van der Waals surface area contributed by atoms with Gasteiger partial charge < -0.3 is 11.1 Å². The number of hydrogen-bond acceptors (Lipinski definition) is 5. The van der Waals surface area contributed by atoms with Gasteiger partial charge in [-0.15, -0.1) is 0 Å². The van der Waals surface area contributed by atoms with Crippen LogP contribution in [0.4, 0.5) is 22.7 Å². The van der Waals surface area contributed by atoms with E-state index in [1.54, 1.807) is 12.1 Å². The molecule has 0 aliphatic heterocycles. The smallest absolute Gasteiger partial charge is 0.315 e. The average Bonchev–Trinajstić information content (AvgIpc) is 2.70. The standard InChI is InChI=1S/C10H9N3O2S/c11-8-2-1-3-9(10(8)13(14)15)12-7-4-5-16-6-7/h1-6,12H,11H2. The molecule has 0 saturated carbocycles. The number of hydrogen-bond donors (Lipinski definition) is 2. The normalized spacial score (nSPS) is 10.0. The van der Waals surface area contributed by atoms with Gasteiger partial charge in [-0.3, -0.25) is 10.1 Å². The maximum absolute atomic E-state index is 10.9. The number of benzene rings is 1. The predicted molar refractivity (Wildman–Crippen MR) is 65.1 cm³/mol. The molecule has 1 aromatic heterocycles. The summed E-state index contributed by atoms with van der Waals surface area (Å²) in [6.45, 7) is 0. The van der Waals surface area contributed by atoms with Crippen molar-refractivity contribution in [2.24, 2.45) is 0 Å². The van der Waals surface area contributed by atoms with E-state index in [0.29, 0.717) is 5.69 Å². The Hall–Kier alpha value is -2.08. The molecule has 0 aliphatic carbocycles. The fourth-order valence-corrected chi connectivity index (χ4v) is 1.94. The molecule has 0 radical (unpaired) electrons. The highest BCUT2D eigenvalue weighted by molar-refractivity contribution is 7.08. The lowest BCUT2D eigenvalue weighted by Crippen LogP contribution is -2.00. The molecular formula is C10H9N3O2S. The van der Waals surface area contributed by atoms with Gasteiger partial charge in [-0.25, -0.2) is 0 Å². The second-order valence-electron chi connectivity index (χ2n) is 3.14. The monoisotopic (exact) mass is 235 g/mol. The van der Waals surface area contributed by atoms with Gasteiger partial charge >= 0.3 is 5.69 Å². The third-order valence-electron chi connectivity index (χ3n) is 2.05. The van der Waals surface area contributed by atoms with Crippen LogP contribution < -0.4 is 11.1 Å². The minimum atomic E-state index is -0.482. The Morgan fingerprint density at radius 1 is 1.38 bits per heavy atom. The summed E-state index contributed by atoms with van der Waals surface area (Å²) in [4.78, 5) is 10.4. The molecule has 0 spiro atoms. The van der Waals surface area contributed by atoms with E-state index in [0.717, 1.165) is 5.69 Å². The quantitative estimate of drug-likeness (QED) is 0.487. The zero-order valence-electron chi connectivity index (χ0n) is 8.21. The molecule has 1 heterocycles. The van der Waals surface area contributed by atoms with E-state index < -0.39 is 4.92 Å². The molecule has 0 atom stereocenters. The van der Waals surface area contributed by atoms with E-state index in [2.05, 4.69) is 5.32 Å². The van der Waals surface area contributed by atoms with Gasteiger partial charge in [0.05, 0.1) is 4.92 Å². The van der Waals surface area contributed by atoms with Crippen LogP contribution in [0.15, 0.2) is 35.0 Å². The number of nitrogens with two attached hydrogens (primary N) is 1. The second-order valence-corrected chi connectivity index (χ2v) is 3.92. The van der Waals surface area contributed by atoms with Crippen molar-refractivity contribution in [3.63, 3.8) is 0 Å². The van der Waals surface area contributed by atoms with Crippen LogP contribution in [0.25, 0.3) is 0 Å². The molecule has 2 rings (SSSR count). The van der Waals surface area contributed by atoms with Crippen LogP contribution in [-0.4, -0.2) is 4.92 Å². The summed E-state index contributed by atoms with van der Waals surface area (Å²) in [5.74, 6) is 0. The lowest BCUT2D eigenvalue weighted by molar-refractivity contribution is -0.383. The van der Waals surface area contributed by atoms with Crippen molar-refractivity contribution in [2.45, 2.75) is 0 Å². The summed E-state index contributed by atoms with van der Waals surface area (Å²) in [7, 11) is 0. The van der Waals surface area contributed by atoms with Crippen molar-refractivity contribution in [3.8, 4) is 0 Å². The van der Waals surface area contributed by atoms with E-state index in [4.69, 9.17) is 5.73 Å². The van der Waals surface area contributed by atoms with Crippen molar-refractivity contribution >= 4 is 34.1 Å². The van der Waals surface area contributed by atoms with Crippen molar-refractivity contribution < 1.29 is 4.92 Å². The van der Waals surface area contributed by atoms with Crippen LogP contribution in [0.5, 0.6) is 0 Å². The maximum Gasteiger partial charge on any atom is 0.315 e. The number of nitro groups is 1. The van der Waals surface area contributed by atoms with Crippen LogP contribution in [0.2, 0.25) is 0 Å². The van der Waals surface area contributed by atoms with Crippen LogP contribution >= 0.6 is 11.3 Å². The molecule has 3 N–H and O–H groups in total. The Morgan fingerprint density at radius 2 is 2.19 bits per heavy atom. The summed E-state index contributed by atoms with van der Waals surface area (Å²) in [5.41, 5.74) is 6.86.